The zero-order valence-corrected chi connectivity index (χ0v) is 39.7. The van der Waals surface area contributed by atoms with E-state index in [1.54, 1.807) is 0 Å². The van der Waals surface area contributed by atoms with E-state index in [2.05, 4.69) is 180 Å². The van der Waals surface area contributed by atoms with E-state index < -0.39 is 0 Å². The van der Waals surface area contributed by atoms with Crippen LogP contribution in [0.3, 0.4) is 0 Å². The topological polar surface area (TPSA) is 0 Å². The van der Waals surface area contributed by atoms with Crippen molar-refractivity contribution in [1.29, 1.82) is 0 Å². The van der Waals surface area contributed by atoms with Gasteiger partial charge in [-0.3, -0.25) is 6.08 Å². The summed E-state index contributed by atoms with van der Waals surface area (Å²) < 4.78 is 3.34. The molecule has 0 N–H and O–H groups in total. The molecule has 58 heavy (non-hydrogen) atoms. The number of benzene rings is 6. The van der Waals surface area contributed by atoms with Crippen molar-refractivity contribution in [2.45, 2.75) is 79.1 Å². The third-order valence-electron chi connectivity index (χ3n) is 9.67. The second-order valence-electron chi connectivity index (χ2n) is 15.8. The van der Waals surface area contributed by atoms with Gasteiger partial charge in [0.15, 0.2) is 0 Å². The van der Waals surface area contributed by atoms with E-state index in [0.717, 1.165) is 12.8 Å². The zero-order valence-electron chi connectivity index (χ0n) is 35.6. The summed E-state index contributed by atoms with van der Waals surface area (Å²) in [6.07, 6.45) is 15.1. The van der Waals surface area contributed by atoms with Gasteiger partial charge in [0.05, 0.1) is 0 Å². The van der Waals surface area contributed by atoms with Crippen LogP contribution in [0.25, 0.3) is 33.4 Å². The van der Waals surface area contributed by atoms with Crippen molar-refractivity contribution in [2.75, 3.05) is 0 Å². The summed E-state index contributed by atoms with van der Waals surface area (Å²) in [6, 6.07) is 53.4. The summed E-state index contributed by atoms with van der Waals surface area (Å²) in [5, 5.41) is 0. The predicted molar refractivity (Wildman–Crippen MR) is 256 cm³/mol. The van der Waals surface area contributed by atoms with Crippen LogP contribution in [0.2, 0.25) is 0 Å². The molecule has 0 amide bonds. The summed E-state index contributed by atoms with van der Waals surface area (Å²) in [6.45, 7) is 18.0. The Morgan fingerprint density at radius 2 is 1.00 bits per heavy atom. The van der Waals surface area contributed by atoms with Crippen molar-refractivity contribution in [3.63, 3.8) is 0 Å². The van der Waals surface area contributed by atoms with E-state index in [9.17, 15) is 0 Å². The van der Waals surface area contributed by atoms with Crippen LogP contribution in [0.4, 0.5) is 0 Å². The van der Waals surface area contributed by atoms with Gasteiger partial charge in [-0.1, -0.05) is 157 Å². The molecule has 3 heteroatoms. The molecule has 0 saturated heterocycles. The molecule has 0 nitrogen and oxygen atoms in total. The normalized spacial score (nSPS) is 11.4. The van der Waals surface area contributed by atoms with E-state index in [4.69, 9.17) is 0 Å². The van der Waals surface area contributed by atoms with E-state index in [-0.39, 0.29) is 35.6 Å². The van der Waals surface area contributed by atoms with Crippen LogP contribution >= 0.6 is 24.8 Å². The molecular weight excluding hydrogens is 823 g/mol. The maximum atomic E-state index is 3.88. The molecule has 0 aromatic heterocycles. The average molecular weight is 883 g/mol. The van der Waals surface area contributed by atoms with Gasteiger partial charge in [-0.05, 0) is 39.5 Å². The number of halogens is 2. The first-order valence-electron chi connectivity index (χ1n) is 19.6. The van der Waals surface area contributed by atoms with E-state index in [1.807, 2.05) is 62.4 Å². The third-order valence-corrected chi connectivity index (χ3v) is 9.67. The first-order chi connectivity index (χ1) is 27.0. The Morgan fingerprint density at radius 3 is 1.38 bits per heavy atom. The third kappa shape index (κ3) is 14.3. The molecule has 2 aliphatic rings. The van der Waals surface area contributed by atoms with Gasteiger partial charge in [-0.25, -0.2) is 12.2 Å². The minimum absolute atomic E-state index is 0. The van der Waals surface area contributed by atoms with Crippen molar-refractivity contribution in [1.82, 2.24) is 0 Å². The second kappa shape index (κ2) is 24.7. The molecule has 0 atom stereocenters. The van der Waals surface area contributed by atoms with Gasteiger partial charge >= 0.3 is 28.4 Å². The van der Waals surface area contributed by atoms with Crippen LogP contribution in [-0.2, 0) is 41.5 Å². The Kier molecular flexibility index (Phi) is 21.3. The van der Waals surface area contributed by atoms with Gasteiger partial charge in [0.25, 0.3) is 0 Å². The summed E-state index contributed by atoms with van der Waals surface area (Å²) in [4.78, 5) is 0. The first kappa shape index (κ1) is 50.0. The molecule has 0 spiro atoms. The van der Waals surface area contributed by atoms with Crippen molar-refractivity contribution < 1.29 is 24.2 Å². The van der Waals surface area contributed by atoms with Gasteiger partial charge in [0.1, 0.15) is 0 Å². The van der Waals surface area contributed by atoms with Crippen molar-refractivity contribution >= 4 is 29.0 Å². The molecule has 302 valence electrons. The van der Waals surface area contributed by atoms with Gasteiger partial charge in [0, 0.05) is 0 Å². The van der Waals surface area contributed by atoms with Crippen molar-refractivity contribution in [3.05, 3.63) is 216 Å². The molecule has 0 unspecified atom stereocenters. The molecule has 0 bridgehead atoms. The number of allylic oxidation sites excluding steroid dienone is 4. The fourth-order valence-corrected chi connectivity index (χ4v) is 6.73. The Hall–Kier alpha value is -4.13. The Labute approximate surface area is 379 Å². The van der Waals surface area contributed by atoms with Crippen LogP contribution in [-0.4, -0.2) is 4.21 Å². The summed E-state index contributed by atoms with van der Waals surface area (Å²) >= 11 is 1.30. The SMILES string of the molecule is CC(C)(C)c1cc2c([c-]c1-c1ccccc1)Cc1cc(-c3ccccc3)c(C(C)(C)C)cc1-2.C[CH-]c1ccccc1.C[CH-]c1ccccc1.Cl.Cl.[C-]1=CC=CC1.[CH2]=[Zr]. The van der Waals surface area contributed by atoms with E-state index in [0.29, 0.717) is 0 Å². The molecule has 2 aliphatic carbocycles. The van der Waals surface area contributed by atoms with Crippen LogP contribution in [0.1, 0.15) is 95.2 Å². The zero-order chi connectivity index (χ0) is 40.6. The first-order valence-corrected chi connectivity index (χ1v) is 21.4. The molecular formula is C55H60Cl2Zr-4. The molecule has 0 heterocycles. The van der Waals surface area contributed by atoms with E-state index >= 15 is 0 Å². The Balaban J connectivity index is 0.000000376. The number of hydrogen-bond acceptors (Lipinski definition) is 0. The maximum absolute atomic E-state index is 3.88. The van der Waals surface area contributed by atoms with Gasteiger partial charge in [0.2, 0.25) is 0 Å². The summed E-state index contributed by atoms with van der Waals surface area (Å²) in [5.41, 5.74) is 16.1. The van der Waals surface area contributed by atoms with Gasteiger partial charge in [-0.15, -0.1) is 84.3 Å². The summed E-state index contributed by atoms with van der Waals surface area (Å²) in [5.74, 6) is 0. The van der Waals surface area contributed by atoms with Crippen LogP contribution < -0.4 is 0 Å². The Bertz CT molecular complexity index is 1980. The van der Waals surface area contributed by atoms with Gasteiger partial charge in [-0.2, -0.15) is 54.3 Å². The van der Waals surface area contributed by atoms with Crippen LogP contribution in [0, 0.1) is 25.0 Å². The van der Waals surface area contributed by atoms with E-state index in [1.165, 1.54) is 91.0 Å². The average Bonchev–Trinajstić information content (AvgIpc) is 3.94. The molecule has 8 rings (SSSR count). The molecule has 0 fully saturated rings. The monoisotopic (exact) mass is 880 g/mol. The molecule has 0 aliphatic heterocycles. The summed E-state index contributed by atoms with van der Waals surface area (Å²) in [7, 11) is 0. The van der Waals surface area contributed by atoms with Crippen molar-refractivity contribution in [3.8, 4) is 33.4 Å². The quantitative estimate of drug-likeness (QED) is 0.155. The predicted octanol–water partition coefficient (Wildman–Crippen LogP) is 15.6. The minimum atomic E-state index is 0. The fraction of sp³-hybridized carbons (Fsp3) is 0.218. The number of fused-ring (bicyclic) bond motifs is 3. The van der Waals surface area contributed by atoms with Gasteiger partial charge < -0.3 is 0 Å². The Morgan fingerprint density at radius 1 is 0.552 bits per heavy atom. The van der Waals surface area contributed by atoms with Crippen LogP contribution in [0.5, 0.6) is 0 Å². The molecule has 6 aromatic carbocycles. The molecule has 0 saturated carbocycles. The number of hydrogen-bond donors (Lipinski definition) is 0. The molecule has 0 radical (unpaired) electrons. The fourth-order valence-electron chi connectivity index (χ4n) is 6.73. The number of rotatable bonds is 4. The van der Waals surface area contributed by atoms with Crippen LogP contribution in [0.15, 0.2) is 158 Å². The van der Waals surface area contributed by atoms with Crippen molar-refractivity contribution in [2.24, 2.45) is 0 Å². The standard InChI is InChI=1S/C33H33.2C8H9.C5H5.CH2.2ClH.Zr/c1-32(2,3)30-20-26-24(18-28(30)22-13-9-7-10-14-22)17-25-19-29(23-15-11-8-12-16-23)31(21-27(25)26)33(4,5)6;2*1-2-8-6-4-3-5-7-8;1-2-4-5-3-1;;;;/h7-16,18,20-21H,17H2,1-6H3;2*2-7H,1H3;1-3H,4H2;1H2;2*1H;/q4*-1;;;;. The second-order valence-corrected chi connectivity index (χ2v) is 15.8. The molecule has 6 aromatic rings.